The Hall–Kier alpha value is -1.64. The summed E-state index contributed by atoms with van der Waals surface area (Å²) in [5, 5.41) is 12.0. The Morgan fingerprint density at radius 2 is 2.29 bits per heavy atom. The minimum atomic E-state index is 0.424. The third-order valence-electron chi connectivity index (χ3n) is 2.13. The van der Waals surface area contributed by atoms with E-state index >= 15 is 0 Å². The van der Waals surface area contributed by atoms with Crippen molar-refractivity contribution in [2.45, 2.75) is 6.42 Å². The molecule has 0 amide bonds. The van der Waals surface area contributed by atoms with Crippen molar-refractivity contribution in [2.75, 3.05) is 38.8 Å². The number of hydrogen-bond acceptors (Lipinski definition) is 5. The fourth-order valence-corrected chi connectivity index (χ4v) is 1.28. The molecule has 1 heterocycles. The second kappa shape index (κ2) is 8.50. The molecule has 0 aliphatic heterocycles. The van der Waals surface area contributed by atoms with Gasteiger partial charge in [0, 0.05) is 26.5 Å². The maximum absolute atomic E-state index is 8.83. The van der Waals surface area contributed by atoms with E-state index in [0.29, 0.717) is 25.5 Å². The molecule has 1 aromatic rings. The van der Waals surface area contributed by atoms with Gasteiger partial charge in [0.25, 0.3) is 0 Å². The van der Waals surface area contributed by atoms with Gasteiger partial charge >= 0.3 is 0 Å². The average molecular weight is 235 g/mol. The summed E-state index contributed by atoms with van der Waals surface area (Å²) in [5.41, 5.74) is 1.19. The molecule has 0 aromatic carbocycles. The lowest BCUT2D eigenvalue weighted by Crippen LogP contribution is -2.09. The van der Waals surface area contributed by atoms with E-state index < -0.39 is 0 Å². The van der Waals surface area contributed by atoms with E-state index in [0.717, 1.165) is 18.7 Å². The normalized spacial score (nSPS) is 9.88. The first kappa shape index (κ1) is 13.4. The van der Waals surface area contributed by atoms with Crippen LogP contribution in [0.4, 0.5) is 5.69 Å². The van der Waals surface area contributed by atoms with Crippen molar-refractivity contribution in [2.24, 2.45) is 0 Å². The average Bonchev–Trinajstić information content (AvgIpc) is 2.38. The molecule has 92 valence electrons. The minimum Gasteiger partial charge on any atom is -0.383 e. The third kappa shape index (κ3) is 5.29. The van der Waals surface area contributed by atoms with Gasteiger partial charge in [-0.25, -0.2) is 4.98 Å². The molecule has 1 N–H and O–H groups in total. The summed E-state index contributed by atoms with van der Waals surface area (Å²) < 4.78 is 10.2. The summed E-state index contributed by atoms with van der Waals surface area (Å²) in [4.78, 5) is 3.97. The number of aromatic nitrogens is 1. The Balaban J connectivity index is 2.16. The van der Waals surface area contributed by atoms with Gasteiger partial charge in [0.15, 0.2) is 5.69 Å². The lowest BCUT2D eigenvalue weighted by Gasteiger charge is -2.07. The van der Waals surface area contributed by atoms with Crippen LogP contribution in [-0.4, -0.2) is 38.5 Å². The molecule has 5 heteroatoms. The molecule has 1 rings (SSSR count). The van der Waals surface area contributed by atoms with Crippen molar-refractivity contribution in [3.63, 3.8) is 0 Å². The van der Waals surface area contributed by atoms with E-state index in [1.807, 2.05) is 12.1 Å². The van der Waals surface area contributed by atoms with E-state index in [1.165, 1.54) is 0 Å². The number of nitriles is 1. The molecule has 0 spiro atoms. The zero-order chi connectivity index (χ0) is 12.3. The molecule has 0 saturated heterocycles. The molecule has 0 radical (unpaired) electrons. The molecule has 0 unspecified atom stereocenters. The fourth-order valence-electron chi connectivity index (χ4n) is 1.28. The van der Waals surface area contributed by atoms with Crippen LogP contribution in [0.15, 0.2) is 18.3 Å². The highest BCUT2D eigenvalue weighted by atomic mass is 16.5. The van der Waals surface area contributed by atoms with E-state index in [-0.39, 0.29) is 0 Å². The Bertz CT molecular complexity index is 363. The van der Waals surface area contributed by atoms with Gasteiger partial charge in [-0.3, -0.25) is 0 Å². The summed E-state index contributed by atoms with van der Waals surface area (Å²) in [5.74, 6) is 0. The van der Waals surface area contributed by atoms with Crippen molar-refractivity contribution in [1.82, 2.24) is 4.98 Å². The summed E-state index contributed by atoms with van der Waals surface area (Å²) >= 11 is 0. The maximum atomic E-state index is 8.83. The lowest BCUT2D eigenvalue weighted by molar-refractivity contribution is 0.0705. The Morgan fingerprint density at radius 3 is 3.06 bits per heavy atom. The number of rotatable bonds is 8. The van der Waals surface area contributed by atoms with Gasteiger partial charge in [-0.15, -0.1) is 0 Å². The smallest absolute Gasteiger partial charge is 0.163 e. The van der Waals surface area contributed by atoms with Gasteiger partial charge in [-0.1, -0.05) is 0 Å². The zero-order valence-electron chi connectivity index (χ0n) is 9.98. The molecule has 17 heavy (non-hydrogen) atoms. The van der Waals surface area contributed by atoms with Crippen molar-refractivity contribution >= 4 is 5.69 Å². The highest BCUT2D eigenvalue weighted by molar-refractivity contribution is 5.53. The number of pyridine rings is 1. The van der Waals surface area contributed by atoms with Crippen LogP contribution in [0.2, 0.25) is 0 Å². The van der Waals surface area contributed by atoms with Crippen molar-refractivity contribution in [1.29, 1.82) is 5.26 Å². The largest absolute Gasteiger partial charge is 0.383 e. The number of methoxy groups -OCH3 is 1. The van der Waals surface area contributed by atoms with Gasteiger partial charge < -0.3 is 14.8 Å². The Kier molecular flexibility index (Phi) is 6.72. The molecule has 0 aliphatic rings. The maximum Gasteiger partial charge on any atom is 0.163 e. The fraction of sp³-hybridized carbons (Fsp3) is 0.500. The molecular formula is C12H17N3O2. The van der Waals surface area contributed by atoms with Crippen LogP contribution in [0.1, 0.15) is 12.1 Å². The van der Waals surface area contributed by atoms with E-state index in [9.17, 15) is 0 Å². The van der Waals surface area contributed by atoms with Crippen LogP contribution in [0.5, 0.6) is 0 Å². The summed E-state index contributed by atoms with van der Waals surface area (Å²) in [6.07, 6.45) is 2.49. The second-order valence-electron chi connectivity index (χ2n) is 3.40. The van der Waals surface area contributed by atoms with Gasteiger partial charge in [0.2, 0.25) is 0 Å². The second-order valence-corrected chi connectivity index (χ2v) is 3.40. The molecule has 0 saturated carbocycles. The number of ether oxygens (including phenoxy) is 2. The lowest BCUT2D eigenvalue weighted by atomic mass is 10.3. The van der Waals surface area contributed by atoms with Crippen LogP contribution < -0.4 is 5.32 Å². The zero-order valence-corrected chi connectivity index (χ0v) is 9.98. The van der Waals surface area contributed by atoms with Crippen LogP contribution in [0.25, 0.3) is 0 Å². The molecule has 0 atom stereocenters. The molecule has 0 bridgehead atoms. The SMILES string of the molecule is COCCOCCCNc1cccnc1C#N. The van der Waals surface area contributed by atoms with Crippen molar-refractivity contribution < 1.29 is 9.47 Å². The number of nitrogens with one attached hydrogen (secondary N) is 1. The molecular weight excluding hydrogens is 218 g/mol. The topological polar surface area (TPSA) is 67.2 Å². The monoisotopic (exact) mass is 235 g/mol. The van der Waals surface area contributed by atoms with Gasteiger partial charge in [-0.2, -0.15) is 5.26 Å². The van der Waals surface area contributed by atoms with E-state index in [2.05, 4.69) is 10.3 Å². The van der Waals surface area contributed by atoms with Crippen LogP contribution >= 0.6 is 0 Å². The van der Waals surface area contributed by atoms with Crippen molar-refractivity contribution in [3.05, 3.63) is 24.0 Å². The summed E-state index contributed by atoms with van der Waals surface area (Å²) in [6, 6.07) is 5.69. The van der Waals surface area contributed by atoms with Crippen LogP contribution in [0.3, 0.4) is 0 Å². The van der Waals surface area contributed by atoms with E-state index in [4.69, 9.17) is 14.7 Å². The van der Waals surface area contributed by atoms with Crippen LogP contribution in [0, 0.1) is 11.3 Å². The highest BCUT2D eigenvalue weighted by Crippen LogP contribution is 2.10. The summed E-state index contributed by atoms with van der Waals surface area (Å²) in [7, 11) is 1.65. The number of hydrogen-bond donors (Lipinski definition) is 1. The quantitative estimate of drug-likeness (QED) is 0.690. The predicted molar refractivity (Wildman–Crippen MR) is 64.8 cm³/mol. The van der Waals surface area contributed by atoms with Gasteiger partial charge in [0.1, 0.15) is 6.07 Å². The minimum absolute atomic E-state index is 0.424. The van der Waals surface area contributed by atoms with E-state index in [1.54, 1.807) is 19.4 Å². The molecule has 5 nitrogen and oxygen atoms in total. The number of anilines is 1. The van der Waals surface area contributed by atoms with Gasteiger partial charge in [-0.05, 0) is 18.6 Å². The first-order valence-electron chi connectivity index (χ1n) is 5.54. The molecule has 1 aromatic heterocycles. The van der Waals surface area contributed by atoms with Crippen molar-refractivity contribution in [3.8, 4) is 6.07 Å². The number of nitrogens with zero attached hydrogens (tertiary/aromatic N) is 2. The molecule has 0 aliphatic carbocycles. The third-order valence-corrected chi connectivity index (χ3v) is 2.13. The Labute approximate surface area is 101 Å². The standard InChI is InChI=1S/C12H17N3O2/c1-16-8-9-17-7-3-6-14-11-4-2-5-15-12(11)10-13/h2,4-5,14H,3,6-9H2,1H3. The first-order chi connectivity index (χ1) is 8.38. The Morgan fingerprint density at radius 1 is 1.41 bits per heavy atom. The first-order valence-corrected chi connectivity index (χ1v) is 5.54. The summed E-state index contributed by atoms with van der Waals surface area (Å²) in [6.45, 7) is 2.67. The van der Waals surface area contributed by atoms with Crippen LogP contribution in [-0.2, 0) is 9.47 Å². The molecule has 0 fully saturated rings. The predicted octanol–water partition coefficient (Wildman–Crippen LogP) is 1.42. The van der Waals surface area contributed by atoms with Gasteiger partial charge in [0.05, 0.1) is 18.9 Å². The highest BCUT2D eigenvalue weighted by Gasteiger charge is 2.00.